The van der Waals surface area contributed by atoms with Gasteiger partial charge in [-0.1, -0.05) is 41.7 Å². The Bertz CT molecular complexity index is 982. The average molecular weight is 434 g/mol. The van der Waals surface area contributed by atoms with E-state index in [-0.39, 0.29) is 17.7 Å². The molecule has 0 unspecified atom stereocenters. The summed E-state index contributed by atoms with van der Waals surface area (Å²) in [5, 5.41) is 13.0. The number of rotatable bonds is 9. The molecule has 2 heterocycles. The number of carbonyl (C=O) groups is 1. The van der Waals surface area contributed by atoms with Crippen molar-refractivity contribution >= 4 is 39.6 Å². The molecule has 0 saturated carbocycles. The number of nitrogens with one attached hydrogen (secondary N) is 4. The lowest BCUT2D eigenvalue weighted by atomic mass is 10.2. The summed E-state index contributed by atoms with van der Waals surface area (Å²) >= 11 is 1.57. The zero-order valence-electron chi connectivity index (χ0n) is 17.4. The number of aryl methyl sites for hydroxylation is 1. The minimum atomic E-state index is -0.217. The number of nitrogens with zero attached hydrogens (tertiary/aromatic N) is 3. The van der Waals surface area contributed by atoms with Gasteiger partial charge in [-0.05, 0) is 32.9 Å². The summed E-state index contributed by atoms with van der Waals surface area (Å²) in [7, 11) is 1.76. The Kier molecular flexibility index (Phi) is 7.69. The Hall–Kier alpha value is -3.04. The fraction of sp³-hybridized carbons (Fsp3) is 0.333. The quantitative estimate of drug-likeness (QED) is 0.443. The maximum absolute atomic E-state index is 11.8. The van der Waals surface area contributed by atoms with Crippen LogP contribution in [-0.4, -0.2) is 47.0 Å². The number of anilines is 3. The fourth-order valence-electron chi connectivity index (χ4n) is 2.70. The predicted octanol–water partition coefficient (Wildman–Crippen LogP) is 4.00. The molecule has 0 aliphatic heterocycles. The summed E-state index contributed by atoms with van der Waals surface area (Å²) in [5.41, 5.74) is 1.14. The summed E-state index contributed by atoms with van der Waals surface area (Å²) < 4.78 is 0. The number of hydrogen-bond donors (Lipinski definition) is 4. The van der Waals surface area contributed by atoms with E-state index >= 15 is 0 Å². The molecule has 0 bridgehead atoms. The van der Waals surface area contributed by atoms with Gasteiger partial charge in [-0.3, -0.25) is 4.79 Å². The van der Waals surface area contributed by atoms with E-state index in [0.717, 1.165) is 22.0 Å². The molecule has 1 atom stereocenters. The van der Waals surface area contributed by atoms with Gasteiger partial charge < -0.3 is 21.3 Å². The van der Waals surface area contributed by atoms with Gasteiger partial charge in [0.2, 0.25) is 5.91 Å². The Labute approximate surface area is 186 Å². The third kappa shape index (κ3) is 6.23. The molecule has 0 saturated heterocycles. The van der Waals surface area contributed by atoms with Gasteiger partial charge in [-0.25, -0.2) is 15.0 Å². The number of thiazole rings is 1. The summed E-state index contributed by atoms with van der Waals surface area (Å²) in [5.74, 6) is 1.97. The van der Waals surface area contributed by atoms with Gasteiger partial charge in [0.15, 0.2) is 5.13 Å². The lowest BCUT2D eigenvalue weighted by Crippen LogP contribution is -2.42. The van der Waals surface area contributed by atoms with E-state index in [1.165, 1.54) is 0 Å². The van der Waals surface area contributed by atoms with Crippen molar-refractivity contribution in [2.24, 2.45) is 0 Å². The highest BCUT2D eigenvalue weighted by Crippen LogP contribution is 2.29. The molecule has 1 aliphatic carbocycles. The third-order valence-electron chi connectivity index (χ3n) is 4.40. The molecule has 1 amide bonds. The minimum absolute atomic E-state index is 0. The molecular formula is C21H35N7OS. The summed E-state index contributed by atoms with van der Waals surface area (Å²) in [4.78, 5) is 26.2. The standard InChI is InChI=1S/C21H27N7OS.4H2/c1-14(22-3)20(29)24-11-10-23-18-12-19(27-15(2)26-18)28-21-25-13-17(30-21)16-8-6-4-5-7-9-16;;;;/h4,6-9,12-14,22H,5,10-11H2,1-3H3,(H,24,29)(H2,23,25,26,27,28);4*1H/t14-;;;;/m0..../s1. The van der Waals surface area contributed by atoms with E-state index in [0.29, 0.717) is 30.5 Å². The first-order chi connectivity index (χ1) is 14.5. The van der Waals surface area contributed by atoms with E-state index in [1.54, 1.807) is 18.4 Å². The molecule has 166 valence electrons. The smallest absolute Gasteiger partial charge is 0.236 e. The second-order valence-electron chi connectivity index (χ2n) is 6.76. The van der Waals surface area contributed by atoms with E-state index < -0.39 is 0 Å². The van der Waals surface area contributed by atoms with Crippen LogP contribution < -0.4 is 21.3 Å². The van der Waals surface area contributed by atoms with E-state index in [2.05, 4.69) is 66.6 Å². The van der Waals surface area contributed by atoms with Crippen molar-refractivity contribution in [2.45, 2.75) is 26.3 Å². The molecule has 2 aromatic heterocycles. The van der Waals surface area contributed by atoms with E-state index in [1.807, 2.05) is 26.1 Å². The largest absolute Gasteiger partial charge is 0.368 e. The molecule has 0 fully saturated rings. The molecule has 8 nitrogen and oxygen atoms in total. The molecule has 4 N–H and O–H groups in total. The normalized spacial score (nSPS) is 14.0. The second kappa shape index (κ2) is 10.7. The molecule has 0 spiro atoms. The number of amides is 1. The van der Waals surface area contributed by atoms with Gasteiger partial charge in [-0.2, -0.15) is 0 Å². The number of allylic oxidation sites excluding steroid dienone is 6. The average Bonchev–Trinajstić information content (AvgIpc) is 3.02. The lowest BCUT2D eigenvalue weighted by molar-refractivity contribution is -0.122. The number of hydrogen-bond acceptors (Lipinski definition) is 8. The molecule has 3 rings (SSSR count). The Balaban J connectivity index is 0. The summed E-state index contributed by atoms with van der Waals surface area (Å²) in [6.07, 6.45) is 13.3. The van der Waals surface area contributed by atoms with Crippen LogP contribution >= 0.6 is 11.3 Å². The SMILES string of the molecule is CN[C@@H](C)C(=O)NCCNc1cc(Nc2ncc(C3=CC=CCC=C3)s2)nc(C)n1.[HH].[HH].[HH].[HH]. The third-order valence-corrected chi connectivity index (χ3v) is 5.36. The van der Waals surface area contributed by atoms with Crippen molar-refractivity contribution in [2.75, 3.05) is 30.8 Å². The number of aromatic nitrogens is 3. The van der Waals surface area contributed by atoms with E-state index in [4.69, 9.17) is 0 Å². The van der Waals surface area contributed by atoms with Crippen molar-refractivity contribution in [3.8, 4) is 0 Å². The lowest BCUT2D eigenvalue weighted by Gasteiger charge is -2.12. The van der Waals surface area contributed by atoms with Crippen LogP contribution in [0.15, 0.2) is 42.6 Å². The highest BCUT2D eigenvalue weighted by molar-refractivity contribution is 7.16. The van der Waals surface area contributed by atoms with Gasteiger partial charge in [0.1, 0.15) is 17.5 Å². The molecule has 0 radical (unpaired) electrons. The van der Waals surface area contributed by atoms with Gasteiger partial charge in [0, 0.05) is 31.1 Å². The van der Waals surface area contributed by atoms with Crippen molar-refractivity contribution < 1.29 is 10.5 Å². The highest BCUT2D eigenvalue weighted by Gasteiger charge is 2.10. The van der Waals surface area contributed by atoms with Crippen molar-refractivity contribution in [1.82, 2.24) is 25.6 Å². The van der Waals surface area contributed by atoms with Crippen LogP contribution in [0.1, 0.15) is 29.8 Å². The predicted molar refractivity (Wildman–Crippen MR) is 132 cm³/mol. The number of likely N-dealkylation sites (N-methyl/N-ethyl adjacent to an activating group) is 1. The Morgan fingerprint density at radius 2 is 2.10 bits per heavy atom. The maximum Gasteiger partial charge on any atom is 0.236 e. The van der Waals surface area contributed by atoms with Crippen LogP contribution in [0, 0.1) is 6.92 Å². The van der Waals surface area contributed by atoms with Crippen molar-refractivity contribution in [3.05, 3.63) is 53.3 Å². The van der Waals surface area contributed by atoms with Crippen LogP contribution in [-0.2, 0) is 4.79 Å². The van der Waals surface area contributed by atoms with Crippen molar-refractivity contribution in [1.29, 1.82) is 0 Å². The summed E-state index contributed by atoms with van der Waals surface area (Å²) in [6, 6.07) is 1.62. The van der Waals surface area contributed by atoms with Crippen LogP contribution in [0.25, 0.3) is 5.57 Å². The monoisotopic (exact) mass is 433 g/mol. The molecule has 2 aromatic rings. The first-order valence-electron chi connectivity index (χ1n) is 9.86. The highest BCUT2D eigenvalue weighted by atomic mass is 32.1. The van der Waals surface area contributed by atoms with Crippen LogP contribution in [0.5, 0.6) is 0 Å². The molecule has 1 aliphatic rings. The maximum atomic E-state index is 11.8. The minimum Gasteiger partial charge on any atom is -0.368 e. The molecule has 9 heteroatoms. The van der Waals surface area contributed by atoms with Gasteiger partial charge in [0.25, 0.3) is 0 Å². The second-order valence-corrected chi connectivity index (χ2v) is 7.79. The van der Waals surface area contributed by atoms with Gasteiger partial charge in [-0.15, -0.1) is 0 Å². The molecule has 30 heavy (non-hydrogen) atoms. The topological polar surface area (TPSA) is 104 Å². The van der Waals surface area contributed by atoms with Crippen LogP contribution in [0.4, 0.5) is 16.8 Å². The first-order valence-corrected chi connectivity index (χ1v) is 10.7. The van der Waals surface area contributed by atoms with Gasteiger partial charge >= 0.3 is 0 Å². The first kappa shape index (κ1) is 21.7. The zero-order chi connectivity index (χ0) is 21.3. The summed E-state index contributed by atoms with van der Waals surface area (Å²) in [6.45, 7) is 4.72. The van der Waals surface area contributed by atoms with Crippen LogP contribution in [0.2, 0.25) is 0 Å². The Morgan fingerprint density at radius 3 is 2.93 bits per heavy atom. The molecular weight excluding hydrogens is 398 g/mol. The van der Waals surface area contributed by atoms with Gasteiger partial charge in [0.05, 0.1) is 10.9 Å². The number of carbonyl (C=O) groups excluding carboxylic acids is 1. The molecule has 0 aromatic carbocycles. The van der Waals surface area contributed by atoms with E-state index in [9.17, 15) is 4.79 Å². The fourth-order valence-corrected chi connectivity index (χ4v) is 3.53. The Morgan fingerprint density at radius 1 is 1.27 bits per heavy atom. The van der Waals surface area contributed by atoms with Crippen molar-refractivity contribution in [3.63, 3.8) is 0 Å². The zero-order valence-corrected chi connectivity index (χ0v) is 18.2. The van der Waals surface area contributed by atoms with Crippen LogP contribution in [0.3, 0.4) is 0 Å².